The number of anilines is 1. The van der Waals surface area contributed by atoms with Gasteiger partial charge in [-0.1, -0.05) is 46.8 Å². The zero-order chi connectivity index (χ0) is 22.1. The van der Waals surface area contributed by atoms with Crippen LogP contribution in [0.5, 0.6) is 5.75 Å². The third-order valence-corrected chi connectivity index (χ3v) is 6.27. The van der Waals surface area contributed by atoms with Gasteiger partial charge < -0.3 is 9.64 Å². The molecule has 0 spiro atoms. The highest BCUT2D eigenvalue weighted by Gasteiger charge is 2.36. The summed E-state index contributed by atoms with van der Waals surface area (Å²) < 4.78 is 5.78. The van der Waals surface area contributed by atoms with Gasteiger partial charge in [-0.15, -0.1) is 0 Å². The first-order valence-electron chi connectivity index (χ1n) is 11.2. The van der Waals surface area contributed by atoms with E-state index in [2.05, 4.69) is 89.8 Å². The summed E-state index contributed by atoms with van der Waals surface area (Å²) in [6.07, 6.45) is 4.23. The molecule has 1 aliphatic rings. The SMILES string of the molecule is CCCN1c2cc(OC)c(C=Nc3ccc(C(C)(C)C)cc3)cc2C(C)CC1(C)C. The fraction of sp³-hybridized carbons (Fsp3) is 0.519. The van der Waals surface area contributed by atoms with Crippen molar-refractivity contribution in [3.63, 3.8) is 0 Å². The Morgan fingerprint density at radius 3 is 2.40 bits per heavy atom. The van der Waals surface area contributed by atoms with E-state index in [-0.39, 0.29) is 11.0 Å². The lowest BCUT2D eigenvalue weighted by Crippen LogP contribution is -2.48. The minimum absolute atomic E-state index is 0.151. The first-order chi connectivity index (χ1) is 14.1. The van der Waals surface area contributed by atoms with Crippen molar-refractivity contribution in [2.75, 3.05) is 18.6 Å². The number of hydrogen-bond acceptors (Lipinski definition) is 3. The molecule has 3 rings (SSSR count). The highest BCUT2D eigenvalue weighted by atomic mass is 16.5. The van der Waals surface area contributed by atoms with Crippen LogP contribution in [0, 0.1) is 0 Å². The molecular formula is C27H38N2O. The summed E-state index contributed by atoms with van der Waals surface area (Å²) in [6.45, 7) is 17.0. The lowest BCUT2D eigenvalue weighted by molar-refractivity contribution is 0.372. The number of hydrogen-bond donors (Lipinski definition) is 0. The molecule has 1 atom stereocenters. The summed E-state index contributed by atoms with van der Waals surface area (Å²) >= 11 is 0. The molecule has 3 nitrogen and oxygen atoms in total. The highest BCUT2D eigenvalue weighted by Crippen LogP contribution is 2.45. The Morgan fingerprint density at radius 1 is 1.17 bits per heavy atom. The molecule has 162 valence electrons. The van der Waals surface area contributed by atoms with Gasteiger partial charge in [0.25, 0.3) is 0 Å². The van der Waals surface area contributed by atoms with Gasteiger partial charge in [0, 0.05) is 35.6 Å². The summed E-state index contributed by atoms with van der Waals surface area (Å²) in [5.41, 5.74) is 6.33. The van der Waals surface area contributed by atoms with Crippen LogP contribution in [-0.2, 0) is 5.41 Å². The van der Waals surface area contributed by atoms with Crippen LogP contribution in [0.3, 0.4) is 0 Å². The molecule has 0 radical (unpaired) electrons. The number of ether oxygens (including phenoxy) is 1. The molecule has 1 unspecified atom stereocenters. The Bertz CT molecular complexity index is 904. The third-order valence-electron chi connectivity index (χ3n) is 6.27. The quantitative estimate of drug-likeness (QED) is 0.489. The van der Waals surface area contributed by atoms with Gasteiger partial charge >= 0.3 is 0 Å². The van der Waals surface area contributed by atoms with Crippen molar-refractivity contribution in [1.82, 2.24) is 0 Å². The molecule has 2 aromatic rings. The zero-order valence-corrected chi connectivity index (χ0v) is 20.0. The van der Waals surface area contributed by atoms with E-state index >= 15 is 0 Å². The average molecular weight is 407 g/mol. The fourth-order valence-corrected chi connectivity index (χ4v) is 4.64. The molecule has 1 aliphatic heterocycles. The molecule has 0 amide bonds. The molecule has 0 saturated heterocycles. The second-order valence-electron chi connectivity index (χ2n) is 10.3. The smallest absolute Gasteiger partial charge is 0.129 e. The van der Waals surface area contributed by atoms with Gasteiger partial charge in [-0.25, -0.2) is 0 Å². The molecule has 0 bridgehead atoms. The maximum absolute atomic E-state index is 5.78. The second-order valence-corrected chi connectivity index (χ2v) is 10.3. The summed E-state index contributed by atoms with van der Waals surface area (Å²) in [5.74, 6) is 1.39. The number of aliphatic imine (C=N–C) groups is 1. The molecule has 0 aromatic heterocycles. The van der Waals surface area contributed by atoms with Gasteiger partial charge in [0.2, 0.25) is 0 Å². The maximum Gasteiger partial charge on any atom is 0.129 e. The van der Waals surface area contributed by atoms with E-state index in [0.717, 1.165) is 36.4 Å². The predicted octanol–water partition coefficient (Wildman–Crippen LogP) is 7.25. The number of nitrogens with zero attached hydrogens (tertiary/aromatic N) is 2. The van der Waals surface area contributed by atoms with E-state index in [9.17, 15) is 0 Å². The number of rotatable bonds is 5. The molecule has 0 aliphatic carbocycles. The summed E-state index contributed by atoms with van der Waals surface area (Å²) in [4.78, 5) is 7.30. The fourth-order valence-electron chi connectivity index (χ4n) is 4.64. The number of methoxy groups -OCH3 is 1. The van der Waals surface area contributed by atoms with Gasteiger partial charge in [-0.05, 0) is 67.3 Å². The van der Waals surface area contributed by atoms with E-state index in [1.807, 2.05) is 6.21 Å². The van der Waals surface area contributed by atoms with Gasteiger partial charge in [-0.3, -0.25) is 4.99 Å². The Kier molecular flexibility index (Phi) is 6.31. The lowest BCUT2D eigenvalue weighted by atomic mass is 9.79. The van der Waals surface area contributed by atoms with Crippen molar-refractivity contribution in [2.24, 2.45) is 4.99 Å². The molecule has 3 heteroatoms. The molecule has 30 heavy (non-hydrogen) atoms. The zero-order valence-electron chi connectivity index (χ0n) is 20.0. The van der Waals surface area contributed by atoms with Crippen LogP contribution in [0.2, 0.25) is 0 Å². The standard InChI is InChI=1S/C27H38N2O/c1-9-14-29-24-16-25(30-8)20(15-23(24)19(2)17-27(29,6)7)18-28-22-12-10-21(11-13-22)26(3,4)5/h10-13,15-16,18-19H,9,14,17H2,1-8H3. The van der Waals surface area contributed by atoms with Gasteiger partial charge in [0.05, 0.1) is 12.8 Å². The van der Waals surface area contributed by atoms with Crippen LogP contribution in [-0.4, -0.2) is 25.4 Å². The Balaban J connectivity index is 1.97. The summed E-state index contributed by atoms with van der Waals surface area (Å²) in [6, 6.07) is 13.0. The van der Waals surface area contributed by atoms with Crippen LogP contribution in [0.4, 0.5) is 11.4 Å². The van der Waals surface area contributed by atoms with Crippen LogP contribution < -0.4 is 9.64 Å². The van der Waals surface area contributed by atoms with E-state index in [1.165, 1.54) is 16.8 Å². The van der Waals surface area contributed by atoms with Crippen LogP contribution in [0.1, 0.15) is 83.9 Å². The van der Waals surface area contributed by atoms with Crippen molar-refractivity contribution >= 4 is 17.6 Å². The first kappa shape index (κ1) is 22.4. The molecule has 0 fully saturated rings. The molecule has 0 saturated carbocycles. The molecule has 0 N–H and O–H groups in total. The van der Waals surface area contributed by atoms with E-state index in [4.69, 9.17) is 9.73 Å². The minimum atomic E-state index is 0.151. The van der Waals surface area contributed by atoms with E-state index in [1.54, 1.807) is 7.11 Å². The van der Waals surface area contributed by atoms with Crippen molar-refractivity contribution in [2.45, 2.75) is 78.2 Å². The van der Waals surface area contributed by atoms with Crippen molar-refractivity contribution in [1.29, 1.82) is 0 Å². The van der Waals surface area contributed by atoms with Gasteiger partial charge in [0.1, 0.15) is 5.75 Å². The summed E-state index contributed by atoms with van der Waals surface area (Å²) in [7, 11) is 1.75. The molecular weight excluding hydrogens is 368 g/mol. The highest BCUT2D eigenvalue weighted by molar-refractivity contribution is 5.87. The molecule has 2 aromatic carbocycles. The van der Waals surface area contributed by atoms with Crippen LogP contribution >= 0.6 is 0 Å². The molecule has 1 heterocycles. The first-order valence-corrected chi connectivity index (χ1v) is 11.2. The lowest BCUT2D eigenvalue weighted by Gasteiger charge is -2.47. The van der Waals surface area contributed by atoms with Crippen LogP contribution in [0.15, 0.2) is 41.4 Å². The Morgan fingerprint density at radius 2 is 1.83 bits per heavy atom. The van der Waals surface area contributed by atoms with Crippen LogP contribution in [0.25, 0.3) is 0 Å². The number of benzene rings is 2. The third kappa shape index (κ3) is 4.55. The topological polar surface area (TPSA) is 24.8 Å². The number of fused-ring (bicyclic) bond motifs is 1. The van der Waals surface area contributed by atoms with E-state index < -0.39 is 0 Å². The predicted molar refractivity (Wildman–Crippen MR) is 130 cm³/mol. The maximum atomic E-state index is 5.78. The monoisotopic (exact) mass is 406 g/mol. The van der Waals surface area contributed by atoms with Gasteiger partial charge in [-0.2, -0.15) is 0 Å². The van der Waals surface area contributed by atoms with Crippen molar-refractivity contribution < 1.29 is 4.74 Å². The average Bonchev–Trinajstić information content (AvgIpc) is 2.68. The largest absolute Gasteiger partial charge is 0.496 e. The van der Waals surface area contributed by atoms with E-state index in [0.29, 0.717) is 5.92 Å². The summed E-state index contributed by atoms with van der Waals surface area (Å²) in [5, 5.41) is 0. The minimum Gasteiger partial charge on any atom is -0.496 e. The Labute approximate surface area is 183 Å². The van der Waals surface area contributed by atoms with Crippen molar-refractivity contribution in [3.05, 3.63) is 53.1 Å². The second kappa shape index (κ2) is 8.45. The normalized spacial score (nSPS) is 18.5. The Hall–Kier alpha value is -2.29. The van der Waals surface area contributed by atoms with Gasteiger partial charge in [0.15, 0.2) is 0 Å². The van der Waals surface area contributed by atoms with Crippen molar-refractivity contribution in [3.8, 4) is 5.75 Å².